The Morgan fingerprint density at radius 3 is 3.08 bits per heavy atom. The van der Waals surface area contributed by atoms with Crippen molar-refractivity contribution in [1.82, 2.24) is 15.1 Å². The minimum atomic E-state index is -0.161. The second-order valence-electron chi connectivity index (χ2n) is 2.72. The summed E-state index contributed by atoms with van der Waals surface area (Å²) in [6.07, 6.45) is 1.74. The van der Waals surface area contributed by atoms with Gasteiger partial charge in [0.05, 0.1) is 6.54 Å². The van der Waals surface area contributed by atoms with Crippen molar-refractivity contribution in [3.63, 3.8) is 0 Å². The average molecular weight is 179 g/mol. The van der Waals surface area contributed by atoms with Gasteiger partial charge in [0.25, 0.3) is 5.91 Å². The SMILES string of the molecule is C=CCn1nc(C(=O)NC)cc1C. The predicted octanol–water partition coefficient (Wildman–Crippen LogP) is 0.737. The third-order valence-corrected chi connectivity index (χ3v) is 1.74. The summed E-state index contributed by atoms with van der Waals surface area (Å²) in [5.41, 5.74) is 1.40. The zero-order valence-electron chi connectivity index (χ0n) is 7.87. The highest BCUT2D eigenvalue weighted by molar-refractivity contribution is 5.92. The third-order valence-electron chi connectivity index (χ3n) is 1.74. The zero-order chi connectivity index (χ0) is 9.84. The highest BCUT2D eigenvalue weighted by atomic mass is 16.1. The summed E-state index contributed by atoms with van der Waals surface area (Å²) in [6, 6.07) is 1.75. The lowest BCUT2D eigenvalue weighted by Crippen LogP contribution is -2.18. The van der Waals surface area contributed by atoms with Crippen LogP contribution < -0.4 is 5.32 Å². The summed E-state index contributed by atoms with van der Waals surface area (Å²) >= 11 is 0. The van der Waals surface area contributed by atoms with Gasteiger partial charge in [-0.3, -0.25) is 9.48 Å². The number of aryl methyl sites for hydroxylation is 1. The summed E-state index contributed by atoms with van der Waals surface area (Å²) in [5, 5.41) is 6.63. The summed E-state index contributed by atoms with van der Waals surface area (Å²) in [4.78, 5) is 11.2. The number of allylic oxidation sites excluding steroid dienone is 1. The van der Waals surface area contributed by atoms with Crippen molar-refractivity contribution in [2.45, 2.75) is 13.5 Å². The number of aromatic nitrogens is 2. The van der Waals surface area contributed by atoms with Gasteiger partial charge < -0.3 is 5.32 Å². The van der Waals surface area contributed by atoms with Crippen molar-refractivity contribution in [3.05, 3.63) is 30.1 Å². The molecule has 0 bridgehead atoms. The molecule has 1 heterocycles. The second-order valence-corrected chi connectivity index (χ2v) is 2.72. The minimum absolute atomic E-state index is 0.161. The Morgan fingerprint density at radius 2 is 2.54 bits per heavy atom. The standard InChI is InChI=1S/C9H13N3O/c1-4-5-12-7(2)6-8(11-12)9(13)10-3/h4,6H,1,5H2,2-3H3,(H,10,13). The second kappa shape index (κ2) is 3.89. The Hall–Kier alpha value is -1.58. The van der Waals surface area contributed by atoms with Gasteiger partial charge in [-0.05, 0) is 13.0 Å². The number of carbonyl (C=O) groups is 1. The Morgan fingerprint density at radius 1 is 1.85 bits per heavy atom. The van der Waals surface area contributed by atoms with E-state index < -0.39 is 0 Å². The van der Waals surface area contributed by atoms with Crippen molar-refractivity contribution in [2.24, 2.45) is 0 Å². The Balaban J connectivity index is 2.94. The van der Waals surface area contributed by atoms with Crippen LogP contribution in [0.4, 0.5) is 0 Å². The van der Waals surface area contributed by atoms with Crippen molar-refractivity contribution in [2.75, 3.05) is 7.05 Å². The minimum Gasteiger partial charge on any atom is -0.354 e. The Labute approximate surface area is 77.3 Å². The molecule has 0 saturated heterocycles. The van der Waals surface area contributed by atoms with E-state index in [0.29, 0.717) is 12.2 Å². The molecule has 1 amide bonds. The lowest BCUT2D eigenvalue weighted by Gasteiger charge is -1.97. The van der Waals surface area contributed by atoms with E-state index in [1.807, 2.05) is 6.92 Å². The normalized spacial score (nSPS) is 9.69. The van der Waals surface area contributed by atoms with Crippen LogP contribution in [0.15, 0.2) is 18.7 Å². The molecule has 0 fully saturated rings. The van der Waals surface area contributed by atoms with Crippen LogP contribution in [0.25, 0.3) is 0 Å². The first-order chi connectivity index (χ1) is 6.19. The Bertz CT molecular complexity index is 328. The van der Waals surface area contributed by atoms with Gasteiger partial charge >= 0.3 is 0 Å². The molecule has 0 spiro atoms. The fourth-order valence-corrected chi connectivity index (χ4v) is 1.06. The van der Waals surface area contributed by atoms with E-state index in [1.165, 1.54) is 0 Å². The molecule has 0 aliphatic rings. The molecule has 4 heteroatoms. The maximum Gasteiger partial charge on any atom is 0.271 e. The Kier molecular flexibility index (Phi) is 2.84. The number of hydrogen-bond donors (Lipinski definition) is 1. The maximum atomic E-state index is 11.2. The molecule has 0 radical (unpaired) electrons. The van der Waals surface area contributed by atoms with E-state index in [0.717, 1.165) is 5.69 Å². The molecule has 0 aliphatic heterocycles. The van der Waals surface area contributed by atoms with Gasteiger partial charge in [-0.1, -0.05) is 6.08 Å². The molecule has 0 saturated carbocycles. The fourth-order valence-electron chi connectivity index (χ4n) is 1.06. The molecule has 0 unspecified atom stereocenters. The van der Waals surface area contributed by atoms with Gasteiger partial charge in [0, 0.05) is 12.7 Å². The summed E-state index contributed by atoms with van der Waals surface area (Å²) in [5.74, 6) is -0.161. The van der Waals surface area contributed by atoms with E-state index in [9.17, 15) is 4.79 Å². The fraction of sp³-hybridized carbons (Fsp3) is 0.333. The zero-order valence-corrected chi connectivity index (χ0v) is 7.87. The van der Waals surface area contributed by atoms with Crippen LogP contribution >= 0.6 is 0 Å². The molecule has 1 aromatic heterocycles. The number of carbonyl (C=O) groups excluding carboxylic acids is 1. The van der Waals surface area contributed by atoms with Gasteiger partial charge in [0.2, 0.25) is 0 Å². The van der Waals surface area contributed by atoms with Crippen LogP contribution in [0.3, 0.4) is 0 Å². The van der Waals surface area contributed by atoms with E-state index in [4.69, 9.17) is 0 Å². The quantitative estimate of drug-likeness (QED) is 0.695. The van der Waals surface area contributed by atoms with E-state index in [-0.39, 0.29) is 5.91 Å². The molecule has 1 N–H and O–H groups in total. The van der Waals surface area contributed by atoms with Crippen LogP contribution in [-0.4, -0.2) is 22.7 Å². The first kappa shape index (κ1) is 9.51. The molecule has 0 aliphatic carbocycles. The third kappa shape index (κ3) is 1.96. The number of amides is 1. The lowest BCUT2D eigenvalue weighted by atomic mass is 10.3. The molecule has 70 valence electrons. The van der Waals surface area contributed by atoms with Crippen LogP contribution in [0.5, 0.6) is 0 Å². The average Bonchev–Trinajstić information content (AvgIpc) is 2.47. The van der Waals surface area contributed by atoms with Gasteiger partial charge in [-0.15, -0.1) is 6.58 Å². The van der Waals surface area contributed by atoms with Crippen LogP contribution in [0, 0.1) is 6.92 Å². The van der Waals surface area contributed by atoms with E-state index in [1.54, 1.807) is 23.9 Å². The van der Waals surface area contributed by atoms with E-state index in [2.05, 4.69) is 17.0 Å². The predicted molar refractivity (Wildman–Crippen MR) is 50.6 cm³/mol. The van der Waals surface area contributed by atoms with Crippen molar-refractivity contribution < 1.29 is 4.79 Å². The largest absolute Gasteiger partial charge is 0.354 e. The van der Waals surface area contributed by atoms with Crippen LogP contribution in [-0.2, 0) is 6.54 Å². The van der Waals surface area contributed by atoms with Gasteiger partial charge in [-0.2, -0.15) is 5.10 Å². The van der Waals surface area contributed by atoms with Gasteiger partial charge in [-0.25, -0.2) is 0 Å². The van der Waals surface area contributed by atoms with Crippen molar-refractivity contribution >= 4 is 5.91 Å². The first-order valence-electron chi connectivity index (χ1n) is 4.06. The molecule has 1 aromatic rings. The summed E-state index contributed by atoms with van der Waals surface area (Å²) < 4.78 is 1.73. The van der Waals surface area contributed by atoms with Crippen LogP contribution in [0.2, 0.25) is 0 Å². The number of nitrogens with one attached hydrogen (secondary N) is 1. The number of nitrogens with zero attached hydrogens (tertiary/aromatic N) is 2. The number of rotatable bonds is 3. The molecule has 0 aromatic carbocycles. The van der Waals surface area contributed by atoms with Crippen molar-refractivity contribution in [1.29, 1.82) is 0 Å². The van der Waals surface area contributed by atoms with Crippen molar-refractivity contribution in [3.8, 4) is 0 Å². The monoisotopic (exact) mass is 179 g/mol. The highest BCUT2D eigenvalue weighted by Gasteiger charge is 2.08. The maximum absolute atomic E-state index is 11.2. The molecule has 4 nitrogen and oxygen atoms in total. The van der Waals surface area contributed by atoms with Gasteiger partial charge in [0.15, 0.2) is 0 Å². The van der Waals surface area contributed by atoms with E-state index >= 15 is 0 Å². The summed E-state index contributed by atoms with van der Waals surface area (Å²) in [6.45, 7) is 6.14. The smallest absolute Gasteiger partial charge is 0.271 e. The molecular formula is C9H13N3O. The molecular weight excluding hydrogens is 166 g/mol. The molecule has 1 rings (SSSR count). The van der Waals surface area contributed by atoms with Crippen LogP contribution in [0.1, 0.15) is 16.2 Å². The molecule has 0 atom stereocenters. The first-order valence-corrected chi connectivity index (χ1v) is 4.06. The van der Waals surface area contributed by atoms with Gasteiger partial charge in [0.1, 0.15) is 5.69 Å². The lowest BCUT2D eigenvalue weighted by molar-refractivity contribution is 0.0957. The molecule has 13 heavy (non-hydrogen) atoms. The highest BCUT2D eigenvalue weighted by Crippen LogP contribution is 2.02. The number of hydrogen-bond acceptors (Lipinski definition) is 2. The summed E-state index contributed by atoms with van der Waals surface area (Å²) in [7, 11) is 1.59. The topological polar surface area (TPSA) is 46.9 Å².